The average molecular weight is 435 g/mol. The van der Waals surface area contributed by atoms with Crippen LogP contribution in [-0.4, -0.2) is 35.3 Å². The summed E-state index contributed by atoms with van der Waals surface area (Å²) in [6.07, 6.45) is 0. The summed E-state index contributed by atoms with van der Waals surface area (Å²) in [7, 11) is 0. The molecule has 30 heavy (non-hydrogen) atoms. The fourth-order valence-electron chi connectivity index (χ4n) is 3.05. The molecule has 0 saturated carbocycles. The summed E-state index contributed by atoms with van der Waals surface area (Å²) >= 11 is 2.81. The highest BCUT2D eigenvalue weighted by Gasteiger charge is 2.14. The summed E-state index contributed by atoms with van der Waals surface area (Å²) in [4.78, 5) is 21.0. The molecule has 0 fully saturated rings. The van der Waals surface area contributed by atoms with Gasteiger partial charge in [-0.2, -0.15) is 4.68 Å². The second-order valence-corrected chi connectivity index (χ2v) is 8.19. The van der Waals surface area contributed by atoms with E-state index < -0.39 is 0 Å². The van der Waals surface area contributed by atoms with Gasteiger partial charge in [-0.1, -0.05) is 42.1 Å². The van der Waals surface area contributed by atoms with Crippen molar-refractivity contribution in [3.63, 3.8) is 0 Å². The molecule has 0 radical (unpaired) electrons. The zero-order chi connectivity index (χ0) is 20.5. The van der Waals surface area contributed by atoms with Crippen LogP contribution < -0.4 is 5.56 Å². The monoisotopic (exact) mass is 434 g/mol. The predicted molar refractivity (Wildman–Crippen MR) is 116 cm³/mol. The van der Waals surface area contributed by atoms with Crippen molar-refractivity contribution in [3.05, 3.63) is 76.2 Å². The van der Waals surface area contributed by atoms with E-state index >= 15 is 0 Å². The number of rotatable bonds is 5. The van der Waals surface area contributed by atoms with Crippen LogP contribution >= 0.6 is 23.1 Å². The number of aromatic amines is 1. The van der Waals surface area contributed by atoms with Gasteiger partial charge in [0, 0.05) is 10.9 Å². The number of tetrazole rings is 1. The SMILES string of the molecule is O=c1[nH]c(CSc2nnnn2-c2ccc(O)cc2)nc2scc(-c3ccccc3)c12. The number of thioether (sulfide) groups is 1. The summed E-state index contributed by atoms with van der Waals surface area (Å²) < 4.78 is 1.57. The molecule has 0 atom stereocenters. The third-order valence-electron chi connectivity index (χ3n) is 4.45. The number of phenols is 1. The first-order chi connectivity index (χ1) is 14.7. The lowest BCUT2D eigenvalue weighted by atomic mass is 10.1. The molecule has 0 spiro atoms. The normalized spacial score (nSPS) is 11.2. The van der Waals surface area contributed by atoms with E-state index in [1.807, 2.05) is 35.7 Å². The van der Waals surface area contributed by atoms with Crippen LogP contribution in [0.3, 0.4) is 0 Å². The van der Waals surface area contributed by atoms with Crippen LogP contribution in [0.1, 0.15) is 5.82 Å². The highest BCUT2D eigenvalue weighted by molar-refractivity contribution is 7.98. The maximum Gasteiger partial charge on any atom is 0.260 e. The van der Waals surface area contributed by atoms with Crippen LogP contribution in [0.25, 0.3) is 27.0 Å². The molecule has 3 aromatic heterocycles. The highest BCUT2D eigenvalue weighted by atomic mass is 32.2. The number of hydrogen-bond acceptors (Lipinski definition) is 8. The van der Waals surface area contributed by atoms with Crippen LogP contribution in [0.4, 0.5) is 0 Å². The number of phenolic OH excluding ortho intramolecular Hbond substituents is 1. The maximum atomic E-state index is 12.8. The fourth-order valence-corrected chi connectivity index (χ4v) is 4.78. The summed E-state index contributed by atoms with van der Waals surface area (Å²) in [5, 5.41) is 24.3. The number of nitrogens with zero attached hydrogens (tertiary/aromatic N) is 5. The Labute approximate surface area is 178 Å². The molecule has 0 unspecified atom stereocenters. The Morgan fingerprint density at radius 2 is 1.90 bits per heavy atom. The van der Waals surface area contributed by atoms with Gasteiger partial charge in [-0.25, -0.2) is 4.98 Å². The minimum absolute atomic E-state index is 0.158. The molecule has 5 rings (SSSR count). The molecule has 0 aliphatic rings. The van der Waals surface area contributed by atoms with Crippen LogP contribution in [0.5, 0.6) is 5.75 Å². The Balaban J connectivity index is 1.42. The molecule has 3 heterocycles. The minimum atomic E-state index is -0.158. The number of H-pyrrole nitrogens is 1. The molecule has 0 saturated heterocycles. The minimum Gasteiger partial charge on any atom is -0.508 e. The first kappa shape index (κ1) is 18.5. The van der Waals surface area contributed by atoms with Crippen molar-refractivity contribution in [2.75, 3.05) is 0 Å². The molecule has 0 aliphatic carbocycles. The molecular formula is C20H14N6O2S2. The van der Waals surface area contributed by atoms with Crippen LogP contribution in [0.15, 0.2) is 69.9 Å². The van der Waals surface area contributed by atoms with Gasteiger partial charge >= 0.3 is 0 Å². The van der Waals surface area contributed by atoms with Gasteiger partial charge in [0.25, 0.3) is 5.56 Å². The number of hydrogen-bond donors (Lipinski definition) is 2. The largest absolute Gasteiger partial charge is 0.508 e. The van der Waals surface area contributed by atoms with Crippen LogP contribution in [0, 0.1) is 0 Å². The van der Waals surface area contributed by atoms with Gasteiger partial charge in [-0.15, -0.1) is 16.4 Å². The zero-order valence-corrected chi connectivity index (χ0v) is 17.0. The lowest BCUT2D eigenvalue weighted by molar-refractivity contribution is 0.475. The first-order valence-electron chi connectivity index (χ1n) is 8.95. The lowest BCUT2D eigenvalue weighted by Gasteiger charge is -2.05. The van der Waals surface area contributed by atoms with Gasteiger partial charge in [0.05, 0.1) is 16.8 Å². The van der Waals surface area contributed by atoms with Crippen molar-refractivity contribution >= 4 is 33.3 Å². The van der Waals surface area contributed by atoms with Gasteiger partial charge in [-0.3, -0.25) is 4.79 Å². The standard InChI is InChI=1S/C20H14N6O2S2/c27-14-8-6-13(7-9-14)26-20(23-24-25-26)30-11-16-21-18(28)17-15(10-29-19(17)22-16)12-4-2-1-3-5-12/h1-10,27H,11H2,(H,21,22,28). The van der Waals surface area contributed by atoms with Gasteiger partial charge in [-0.05, 0) is 40.3 Å². The van der Waals surface area contributed by atoms with Gasteiger partial charge in [0.2, 0.25) is 5.16 Å². The van der Waals surface area contributed by atoms with Gasteiger partial charge < -0.3 is 10.1 Å². The summed E-state index contributed by atoms with van der Waals surface area (Å²) in [5.41, 5.74) is 2.45. The topological polar surface area (TPSA) is 110 Å². The molecule has 2 aromatic carbocycles. The Morgan fingerprint density at radius 1 is 1.10 bits per heavy atom. The number of benzene rings is 2. The Kier molecular flexibility index (Phi) is 4.77. The Hall–Kier alpha value is -3.50. The number of aromatic hydroxyl groups is 1. The van der Waals surface area contributed by atoms with Gasteiger partial charge in [0.15, 0.2) is 0 Å². The third kappa shape index (κ3) is 3.46. The van der Waals surface area contributed by atoms with E-state index in [1.54, 1.807) is 28.9 Å². The predicted octanol–water partition coefficient (Wildman–Crippen LogP) is 3.63. The quantitative estimate of drug-likeness (QED) is 0.407. The second kappa shape index (κ2) is 7.73. The molecule has 5 aromatic rings. The van der Waals surface area contributed by atoms with Crippen molar-refractivity contribution in [1.82, 2.24) is 30.2 Å². The molecule has 0 amide bonds. The average Bonchev–Trinajstić information content (AvgIpc) is 3.41. The highest BCUT2D eigenvalue weighted by Crippen LogP contribution is 2.31. The second-order valence-electron chi connectivity index (χ2n) is 6.39. The zero-order valence-electron chi connectivity index (χ0n) is 15.4. The number of thiophene rings is 1. The van der Waals surface area contributed by atoms with E-state index in [4.69, 9.17) is 0 Å². The van der Waals surface area contributed by atoms with E-state index in [-0.39, 0.29) is 11.3 Å². The summed E-state index contributed by atoms with van der Waals surface area (Å²) in [5.74, 6) is 1.13. The van der Waals surface area contributed by atoms with E-state index in [0.717, 1.165) is 16.8 Å². The molecule has 148 valence electrons. The van der Waals surface area contributed by atoms with E-state index in [0.29, 0.717) is 27.0 Å². The number of fused-ring (bicyclic) bond motifs is 1. The van der Waals surface area contributed by atoms with Crippen molar-refractivity contribution in [2.24, 2.45) is 0 Å². The van der Waals surface area contributed by atoms with E-state index in [2.05, 4.69) is 25.5 Å². The smallest absolute Gasteiger partial charge is 0.260 e. The molecule has 10 heteroatoms. The Morgan fingerprint density at radius 3 is 2.70 bits per heavy atom. The van der Waals surface area contributed by atoms with Gasteiger partial charge in [0.1, 0.15) is 16.4 Å². The van der Waals surface area contributed by atoms with Crippen LogP contribution in [0.2, 0.25) is 0 Å². The molecule has 0 aliphatic heterocycles. The van der Waals surface area contributed by atoms with Crippen molar-refractivity contribution in [1.29, 1.82) is 0 Å². The number of aromatic nitrogens is 6. The molecular weight excluding hydrogens is 420 g/mol. The third-order valence-corrected chi connectivity index (χ3v) is 6.25. The van der Waals surface area contributed by atoms with E-state index in [9.17, 15) is 9.90 Å². The molecule has 2 N–H and O–H groups in total. The number of nitrogens with one attached hydrogen (secondary N) is 1. The summed E-state index contributed by atoms with van der Waals surface area (Å²) in [6, 6.07) is 16.4. The fraction of sp³-hybridized carbons (Fsp3) is 0.0500. The molecule has 0 bridgehead atoms. The lowest BCUT2D eigenvalue weighted by Crippen LogP contribution is -2.11. The van der Waals surface area contributed by atoms with Crippen LogP contribution in [-0.2, 0) is 5.75 Å². The van der Waals surface area contributed by atoms with Crippen molar-refractivity contribution in [2.45, 2.75) is 10.9 Å². The van der Waals surface area contributed by atoms with Crippen molar-refractivity contribution < 1.29 is 5.11 Å². The van der Waals surface area contributed by atoms with E-state index in [1.165, 1.54) is 23.1 Å². The first-order valence-corrected chi connectivity index (χ1v) is 10.8. The maximum absolute atomic E-state index is 12.8. The molecule has 8 nitrogen and oxygen atoms in total. The van der Waals surface area contributed by atoms with Crippen molar-refractivity contribution in [3.8, 4) is 22.6 Å². The summed E-state index contributed by atoms with van der Waals surface area (Å²) in [6.45, 7) is 0. The Bertz CT molecular complexity index is 1380.